The molecular formula is C13H20FN. The molecular weight excluding hydrogens is 189 g/mol. The summed E-state index contributed by atoms with van der Waals surface area (Å²) in [6.07, 6.45) is 0.479. The quantitative estimate of drug-likeness (QED) is 0.810. The van der Waals surface area contributed by atoms with Crippen molar-refractivity contribution in [1.29, 1.82) is 0 Å². The summed E-state index contributed by atoms with van der Waals surface area (Å²) < 4.78 is 14.5. The van der Waals surface area contributed by atoms with Crippen molar-refractivity contribution in [2.75, 3.05) is 6.54 Å². The summed E-state index contributed by atoms with van der Waals surface area (Å²) in [5.74, 6) is 0.305. The predicted octanol–water partition coefficient (Wildman–Crippen LogP) is 3.16. The highest BCUT2D eigenvalue weighted by Gasteiger charge is 2.30. The second kappa shape index (κ2) is 4.75. The molecule has 1 aromatic rings. The molecule has 2 N–H and O–H groups in total. The lowest BCUT2D eigenvalue weighted by Crippen LogP contribution is -2.31. The molecule has 1 nitrogen and oxygen atoms in total. The predicted molar refractivity (Wildman–Crippen MR) is 62.5 cm³/mol. The zero-order valence-corrected chi connectivity index (χ0v) is 9.76. The van der Waals surface area contributed by atoms with Crippen molar-refractivity contribution >= 4 is 0 Å². The number of hydrogen-bond acceptors (Lipinski definition) is 1. The zero-order valence-electron chi connectivity index (χ0n) is 9.76. The average Bonchev–Trinajstić information content (AvgIpc) is 2.17. The highest BCUT2D eigenvalue weighted by molar-refractivity contribution is 5.27. The molecule has 1 rings (SSSR count). The minimum absolute atomic E-state index is 0.0498. The second-order valence-electron chi connectivity index (χ2n) is 4.63. The van der Waals surface area contributed by atoms with Crippen molar-refractivity contribution in [3.8, 4) is 0 Å². The van der Waals surface area contributed by atoms with E-state index >= 15 is 0 Å². The van der Waals surface area contributed by atoms with Crippen LogP contribution >= 0.6 is 0 Å². The molecule has 0 radical (unpaired) electrons. The Balaban J connectivity index is 2.95. The summed E-state index contributed by atoms with van der Waals surface area (Å²) in [4.78, 5) is 0. The van der Waals surface area contributed by atoms with Crippen molar-refractivity contribution in [2.24, 2.45) is 11.7 Å². The Kier molecular flexibility index (Phi) is 3.86. The monoisotopic (exact) mass is 209 g/mol. The fourth-order valence-electron chi connectivity index (χ4n) is 1.82. The highest BCUT2D eigenvalue weighted by Crippen LogP contribution is 2.32. The number of hydrogen-bond donors (Lipinski definition) is 1. The second-order valence-corrected chi connectivity index (χ2v) is 4.63. The number of alkyl halides is 1. The highest BCUT2D eigenvalue weighted by atomic mass is 19.1. The Hall–Kier alpha value is -0.890. The van der Waals surface area contributed by atoms with Gasteiger partial charge in [0.2, 0.25) is 0 Å². The molecule has 84 valence electrons. The van der Waals surface area contributed by atoms with Crippen LogP contribution in [0, 0.1) is 12.8 Å². The summed E-state index contributed by atoms with van der Waals surface area (Å²) in [6, 6.07) is 7.54. The third-order valence-electron chi connectivity index (χ3n) is 2.62. The minimum atomic E-state index is -1.37. The van der Waals surface area contributed by atoms with E-state index in [-0.39, 0.29) is 6.54 Å². The van der Waals surface area contributed by atoms with E-state index in [0.29, 0.717) is 17.9 Å². The number of rotatable bonds is 4. The van der Waals surface area contributed by atoms with Crippen LogP contribution in [0.5, 0.6) is 0 Å². The molecule has 0 heterocycles. The molecule has 0 aliphatic carbocycles. The molecule has 0 spiro atoms. The van der Waals surface area contributed by atoms with E-state index in [1.165, 1.54) is 0 Å². The van der Waals surface area contributed by atoms with Gasteiger partial charge in [0.15, 0.2) is 0 Å². The Bertz CT molecular complexity index is 305. The lowest BCUT2D eigenvalue weighted by Gasteiger charge is -2.26. The van der Waals surface area contributed by atoms with Crippen LogP contribution in [0.3, 0.4) is 0 Å². The van der Waals surface area contributed by atoms with Crippen LogP contribution in [0.15, 0.2) is 24.3 Å². The first kappa shape index (κ1) is 12.2. The van der Waals surface area contributed by atoms with Crippen LogP contribution in [0.2, 0.25) is 0 Å². The van der Waals surface area contributed by atoms with Gasteiger partial charge in [0.05, 0.1) is 0 Å². The topological polar surface area (TPSA) is 26.0 Å². The van der Waals surface area contributed by atoms with Gasteiger partial charge in [-0.15, -0.1) is 0 Å². The van der Waals surface area contributed by atoms with E-state index < -0.39 is 5.67 Å². The molecule has 0 bridgehead atoms. The normalized spacial score (nSPS) is 15.3. The van der Waals surface area contributed by atoms with Gasteiger partial charge in [0.1, 0.15) is 5.67 Å². The van der Waals surface area contributed by atoms with Gasteiger partial charge in [-0.2, -0.15) is 0 Å². The van der Waals surface area contributed by atoms with Crippen LogP contribution in [0.1, 0.15) is 31.4 Å². The Morgan fingerprint density at radius 3 is 2.20 bits per heavy atom. The number of benzene rings is 1. The smallest absolute Gasteiger partial charge is 0.148 e. The van der Waals surface area contributed by atoms with E-state index in [4.69, 9.17) is 5.73 Å². The standard InChI is InChI=1S/C13H20FN/c1-10(2)8-13(14,9-15)12-6-4-11(3)5-7-12/h4-7,10H,8-9,15H2,1-3H3. The lowest BCUT2D eigenvalue weighted by molar-refractivity contribution is 0.140. The lowest BCUT2D eigenvalue weighted by atomic mass is 9.87. The van der Waals surface area contributed by atoms with E-state index in [1.54, 1.807) is 0 Å². The maximum atomic E-state index is 14.5. The fraction of sp³-hybridized carbons (Fsp3) is 0.538. The maximum absolute atomic E-state index is 14.5. The Morgan fingerprint density at radius 2 is 1.80 bits per heavy atom. The Labute approximate surface area is 91.5 Å². The number of nitrogens with two attached hydrogens (primary N) is 1. The molecule has 0 amide bonds. The molecule has 15 heavy (non-hydrogen) atoms. The van der Waals surface area contributed by atoms with Crippen LogP contribution in [-0.2, 0) is 5.67 Å². The molecule has 0 aliphatic rings. The van der Waals surface area contributed by atoms with Gasteiger partial charge in [-0.25, -0.2) is 4.39 Å². The fourth-order valence-corrected chi connectivity index (χ4v) is 1.82. The zero-order chi connectivity index (χ0) is 11.5. The number of aryl methyl sites for hydroxylation is 1. The molecule has 0 saturated carbocycles. The van der Waals surface area contributed by atoms with Crippen molar-refractivity contribution in [3.63, 3.8) is 0 Å². The van der Waals surface area contributed by atoms with Gasteiger partial charge < -0.3 is 5.73 Å². The average molecular weight is 209 g/mol. The summed E-state index contributed by atoms with van der Waals surface area (Å²) in [5.41, 5.74) is 6.02. The molecule has 0 aliphatic heterocycles. The minimum Gasteiger partial charge on any atom is -0.327 e. The third kappa shape index (κ3) is 3.03. The van der Waals surface area contributed by atoms with E-state index in [2.05, 4.69) is 0 Å². The molecule has 0 aromatic heterocycles. The van der Waals surface area contributed by atoms with Gasteiger partial charge in [-0.3, -0.25) is 0 Å². The van der Waals surface area contributed by atoms with Crippen molar-refractivity contribution in [3.05, 3.63) is 35.4 Å². The first-order valence-electron chi connectivity index (χ1n) is 5.44. The third-order valence-corrected chi connectivity index (χ3v) is 2.62. The summed E-state index contributed by atoms with van der Waals surface area (Å²) in [7, 11) is 0. The van der Waals surface area contributed by atoms with Gasteiger partial charge in [0.25, 0.3) is 0 Å². The molecule has 1 aromatic carbocycles. The largest absolute Gasteiger partial charge is 0.327 e. The molecule has 0 saturated heterocycles. The molecule has 1 atom stereocenters. The van der Waals surface area contributed by atoms with Gasteiger partial charge in [-0.05, 0) is 24.8 Å². The van der Waals surface area contributed by atoms with Gasteiger partial charge >= 0.3 is 0 Å². The van der Waals surface area contributed by atoms with Gasteiger partial charge in [0, 0.05) is 6.54 Å². The SMILES string of the molecule is Cc1ccc(C(F)(CN)CC(C)C)cc1. The molecule has 1 unspecified atom stereocenters. The van der Waals surface area contributed by atoms with Crippen molar-refractivity contribution in [1.82, 2.24) is 0 Å². The van der Waals surface area contributed by atoms with Crippen LogP contribution in [-0.4, -0.2) is 6.54 Å². The molecule has 2 heteroatoms. The summed E-state index contributed by atoms with van der Waals surface area (Å²) in [5, 5.41) is 0. The first-order valence-corrected chi connectivity index (χ1v) is 5.44. The van der Waals surface area contributed by atoms with E-state index in [9.17, 15) is 4.39 Å². The summed E-state index contributed by atoms with van der Waals surface area (Å²) in [6.45, 7) is 6.07. The van der Waals surface area contributed by atoms with E-state index in [1.807, 2.05) is 45.0 Å². The van der Waals surface area contributed by atoms with Crippen LogP contribution in [0.4, 0.5) is 4.39 Å². The first-order chi connectivity index (χ1) is 6.98. The van der Waals surface area contributed by atoms with Crippen LogP contribution in [0.25, 0.3) is 0 Å². The summed E-state index contributed by atoms with van der Waals surface area (Å²) >= 11 is 0. The number of halogens is 1. The van der Waals surface area contributed by atoms with Gasteiger partial charge in [-0.1, -0.05) is 43.7 Å². The Morgan fingerprint density at radius 1 is 1.27 bits per heavy atom. The van der Waals surface area contributed by atoms with Crippen molar-refractivity contribution < 1.29 is 4.39 Å². The molecule has 0 fully saturated rings. The maximum Gasteiger partial charge on any atom is 0.148 e. The van der Waals surface area contributed by atoms with E-state index in [0.717, 1.165) is 5.56 Å². The van der Waals surface area contributed by atoms with Crippen molar-refractivity contribution in [2.45, 2.75) is 32.9 Å². The van der Waals surface area contributed by atoms with Crippen LogP contribution < -0.4 is 5.73 Å².